The standard InChI is InChI=1S/C26H25N3O3/c1-3-17-32-24-15-13-19-9-7-8-12-21(19)22(24)18-28(2)26(31)23-14-16-25(30)29(27-23)20-10-5-4-6-11-20/h4-16H,3,17-18H2,1-2H3. The molecule has 0 radical (unpaired) electrons. The van der Waals surface area contributed by atoms with Crippen LogP contribution in [0.15, 0.2) is 83.7 Å². The molecule has 4 aromatic rings. The number of nitrogens with zero attached hydrogens (tertiary/aromatic N) is 3. The molecule has 0 N–H and O–H groups in total. The lowest BCUT2D eigenvalue weighted by Crippen LogP contribution is -2.30. The van der Waals surface area contributed by atoms with Crippen LogP contribution >= 0.6 is 0 Å². The van der Waals surface area contributed by atoms with E-state index in [1.807, 2.05) is 54.6 Å². The fraction of sp³-hybridized carbons (Fsp3) is 0.192. The maximum absolute atomic E-state index is 13.2. The molecule has 0 saturated carbocycles. The molecule has 0 aliphatic rings. The van der Waals surface area contributed by atoms with Crippen molar-refractivity contribution in [2.45, 2.75) is 19.9 Å². The molecule has 0 aliphatic carbocycles. The van der Waals surface area contributed by atoms with E-state index in [0.717, 1.165) is 28.5 Å². The van der Waals surface area contributed by atoms with E-state index in [2.05, 4.69) is 12.0 Å². The van der Waals surface area contributed by atoms with Gasteiger partial charge in [0.2, 0.25) is 0 Å². The van der Waals surface area contributed by atoms with Crippen molar-refractivity contribution in [1.82, 2.24) is 14.7 Å². The summed E-state index contributed by atoms with van der Waals surface area (Å²) in [7, 11) is 1.73. The number of fused-ring (bicyclic) bond motifs is 1. The van der Waals surface area contributed by atoms with Gasteiger partial charge in [-0.2, -0.15) is 9.78 Å². The second-order valence-corrected chi connectivity index (χ2v) is 7.58. The lowest BCUT2D eigenvalue weighted by molar-refractivity contribution is 0.0776. The molecule has 0 spiro atoms. The molecule has 6 nitrogen and oxygen atoms in total. The molecule has 1 aromatic heterocycles. The Bertz CT molecular complexity index is 1300. The first-order valence-electron chi connectivity index (χ1n) is 10.6. The highest BCUT2D eigenvalue weighted by atomic mass is 16.5. The molecule has 6 heteroatoms. The van der Waals surface area contributed by atoms with Gasteiger partial charge in [0.05, 0.1) is 12.3 Å². The van der Waals surface area contributed by atoms with Crippen molar-refractivity contribution < 1.29 is 9.53 Å². The largest absolute Gasteiger partial charge is 0.493 e. The highest BCUT2D eigenvalue weighted by Crippen LogP contribution is 2.29. The predicted octanol–water partition coefficient (Wildman–Crippen LogP) is 4.45. The van der Waals surface area contributed by atoms with Gasteiger partial charge in [-0.25, -0.2) is 0 Å². The van der Waals surface area contributed by atoms with E-state index >= 15 is 0 Å². The van der Waals surface area contributed by atoms with Crippen LogP contribution in [0.25, 0.3) is 16.5 Å². The van der Waals surface area contributed by atoms with Crippen molar-refractivity contribution in [3.63, 3.8) is 0 Å². The third-order valence-corrected chi connectivity index (χ3v) is 5.22. The summed E-state index contributed by atoms with van der Waals surface area (Å²) in [5.74, 6) is 0.497. The number of hydrogen-bond donors (Lipinski definition) is 0. The molecule has 0 unspecified atom stereocenters. The molecule has 0 aliphatic heterocycles. The lowest BCUT2D eigenvalue weighted by atomic mass is 10.0. The first-order valence-corrected chi connectivity index (χ1v) is 10.6. The van der Waals surface area contributed by atoms with Gasteiger partial charge in [0, 0.05) is 25.2 Å². The molecule has 0 atom stereocenters. The minimum absolute atomic E-state index is 0.201. The molecule has 0 bridgehead atoms. The van der Waals surface area contributed by atoms with Gasteiger partial charge in [-0.15, -0.1) is 0 Å². The molecule has 4 rings (SSSR count). The fourth-order valence-corrected chi connectivity index (χ4v) is 3.61. The zero-order valence-electron chi connectivity index (χ0n) is 18.2. The zero-order chi connectivity index (χ0) is 22.5. The van der Waals surface area contributed by atoms with Gasteiger partial charge in [0.1, 0.15) is 11.4 Å². The number of carbonyl (C=O) groups excluding carboxylic acids is 1. The van der Waals surface area contributed by atoms with Crippen molar-refractivity contribution in [3.8, 4) is 11.4 Å². The molecule has 162 valence electrons. The van der Waals surface area contributed by atoms with E-state index in [1.54, 1.807) is 24.1 Å². The Balaban J connectivity index is 1.66. The van der Waals surface area contributed by atoms with E-state index in [9.17, 15) is 9.59 Å². The van der Waals surface area contributed by atoms with Crippen LogP contribution in [0.2, 0.25) is 0 Å². The SMILES string of the molecule is CCCOc1ccc2ccccc2c1CN(C)C(=O)c1ccc(=O)n(-c2ccccc2)n1. The molecule has 0 saturated heterocycles. The van der Waals surface area contributed by atoms with Crippen LogP contribution in [0, 0.1) is 0 Å². The molecule has 1 amide bonds. The first-order chi connectivity index (χ1) is 15.6. The normalized spacial score (nSPS) is 10.8. The highest BCUT2D eigenvalue weighted by molar-refractivity contribution is 5.93. The third kappa shape index (κ3) is 4.39. The average Bonchev–Trinajstić information content (AvgIpc) is 2.84. The summed E-state index contributed by atoms with van der Waals surface area (Å²) in [4.78, 5) is 27.1. The molecule has 0 fully saturated rings. The summed E-state index contributed by atoms with van der Waals surface area (Å²) in [5, 5.41) is 6.45. The minimum Gasteiger partial charge on any atom is -0.493 e. The summed E-state index contributed by atoms with van der Waals surface area (Å²) in [5.41, 5.74) is 1.47. The summed E-state index contributed by atoms with van der Waals surface area (Å²) in [6.45, 7) is 3.02. The fourth-order valence-electron chi connectivity index (χ4n) is 3.61. The lowest BCUT2D eigenvalue weighted by Gasteiger charge is -2.21. The van der Waals surface area contributed by atoms with E-state index in [4.69, 9.17) is 4.74 Å². The number of para-hydroxylation sites is 1. The van der Waals surface area contributed by atoms with Crippen molar-refractivity contribution in [1.29, 1.82) is 0 Å². The Kier molecular flexibility index (Phi) is 6.31. The summed E-state index contributed by atoms with van der Waals surface area (Å²) in [6, 6.07) is 23.9. The van der Waals surface area contributed by atoms with Crippen LogP contribution in [0.3, 0.4) is 0 Å². The molecule has 32 heavy (non-hydrogen) atoms. The molecule has 1 heterocycles. The predicted molar refractivity (Wildman–Crippen MR) is 125 cm³/mol. The monoisotopic (exact) mass is 427 g/mol. The summed E-state index contributed by atoms with van der Waals surface area (Å²) < 4.78 is 7.22. The number of ether oxygens (including phenoxy) is 1. The van der Waals surface area contributed by atoms with Crippen LogP contribution in [0.5, 0.6) is 5.75 Å². The van der Waals surface area contributed by atoms with E-state index < -0.39 is 0 Å². The van der Waals surface area contributed by atoms with Gasteiger partial charge in [-0.3, -0.25) is 9.59 Å². The van der Waals surface area contributed by atoms with Gasteiger partial charge >= 0.3 is 0 Å². The summed E-state index contributed by atoms with van der Waals surface area (Å²) in [6.07, 6.45) is 0.895. The van der Waals surface area contributed by atoms with Crippen LogP contribution < -0.4 is 10.3 Å². The zero-order valence-corrected chi connectivity index (χ0v) is 18.2. The smallest absolute Gasteiger partial charge is 0.274 e. The number of hydrogen-bond acceptors (Lipinski definition) is 4. The van der Waals surface area contributed by atoms with Crippen molar-refractivity contribution in [3.05, 3.63) is 100 Å². The van der Waals surface area contributed by atoms with Gasteiger partial charge in [0.25, 0.3) is 11.5 Å². The number of amides is 1. The topological polar surface area (TPSA) is 64.4 Å². The van der Waals surface area contributed by atoms with Gasteiger partial charge in [-0.1, -0.05) is 55.5 Å². The summed E-state index contributed by atoms with van der Waals surface area (Å²) >= 11 is 0. The maximum atomic E-state index is 13.2. The van der Waals surface area contributed by atoms with Crippen LogP contribution in [0.1, 0.15) is 29.4 Å². The van der Waals surface area contributed by atoms with E-state index in [1.165, 1.54) is 16.8 Å². The van der Waals surface area contributed by atoms with E-state index in [0.29, 0.717) is 18.8 Å². The molecule has 3 aromatic carbocycles. The van der Waals surface area contributed by atoms with Gasteiger partial charge < -0.3 is 9.64 Å². The van der Waals surface area contributed by atoms with Crippen LogP contribution in [0.4, 0.5) is 0 Å². The average molecular weight is 428 g/mol. The maximum Gasteiger partial charge on any atom is 0.274 e. The number of benzene rings is 3. The Morgan fingerprint density at radius 2 is 1.72 bits per heavy atom. The molecular weight excluding hydrogens is 402 g/mol. The second kappa shape index (κ2) is 9.47. The van der Waals surface area contributed by atoms with Crippen molar-refractivity contribution in [2.24, 2.45) is 0 Å². The number of aromatic nitrogens is 2. The molecular formula is C26H25N3O3. The van der Waals surface area contributed by atoms with E-state index in [-0.39, 0.29) is 17.2 Å². The van der Waals surface area contributed by atoms with Crippen LogP contribution in [-0.4, -0.2) is 34.2 Å². The second-order valence-electron chi connectivity index (χ2n) is 7.58. The number of rotatable bonds is 7. The van der Waals surface area contributed by atoms with Gasteiger partial charge in [-0.05, 0) is 41.5 Å². The Labute approximate surface area is 186 Å². The van der Waals surface area contributed by atoms with Gasteiger partial charge in [0.15, 0.2) is 0 Å². The third-order valence-electron chi connectivity index (χ3n) is 5.22. The Hall–Kier alpha value is -3.93. The van der Waals surface area contributed by atoms with Crippen molar-refractivity contribution >= 4 is 16.7 Å². The van der Waals surface area contributed by atoms with Crippen molar-refractivity contribution in [2.75, 3.05) is 13.7 Å². The Morgan fingerprint density at radius 3 is 2.50 bits per heavy atom. The first kappa shape index (κ1) is 21.3. The highest BCUT2D eigenvalue weighted by Gasteiger charge is 2.19. The Morgan fingerprint density at radius 1 is 0.969 bits per heavy atom. The minimum atomic E-state index is -0.292. The quantitative estimate of drug-likeness (QED) is 0.437. The number of carbonyl (C=O) groups is 1. The van der Waals surface area contributed by atoms with Crippen LogP contribution in [-0.2, 0) is 6.54 Å².